The third kappa shape index (κ3) is 2.60. The van der Waals surface area contributed by atoms with Crippen molar-refractivity contribution in [3.05, 3.63) is 80.6 Å². The lowest BCUT2D eigenvalue weighted by molar-refractivity contribution is 0.0564. The number of para-hydroxylation sites is 1. The molecule has 2 bridgehead atoms. The van der Waals surface area contributed by atoms with E-state index >= 15 is 0 Å². The molecule has 1 amide bonds. The van der Waals surface area contributed by atoms with Gasteiger partial charge in [0.25, 0.3) is 11.5 Å². The number of amides is 1. The van der Waals surface area contributed by atoms with Crippen molar-refractivity contribution in [1.29, 1.82) is 0 Å². The molecule has 0 N–H and O–H groups in total. The number of fused-ring (bicyclic) bond motifs is 5. The third-order valence-corrected chi connectivity index (χ3v) is 5.61. The van der Waals surface area contributed by atoms with E-state index in [0.29, 0.717) is 30.6 Å². The molecule has 136 valence electrons. The molecule has 4 heterocycles. The highest BCUT2D eigenvalue weighted by Crippen LogP contribution is 2.35. The Bertz CT molecular complexity index is 1180. The molecule has 1 saturated heterocycles. The van der Waals surface area contributed by atoms with Gasteiger partial charge in [-0.25, -0.2) is 0 Å². The van der Waals surface area contributed by atoms with Gasteiger partial charge in [0.15, 0.2) is 11.2 Å². The van der Waals surface area contributed by atoms with Crippen LogP contribution >= 0.6 is 0 Å². The van der Waals surface area contributed by atoms with Gasteiger partial charge in [0.1, 0.15) is 5.58 Å². The summed E-state index contributed by atoms with van der Waals surface area (Å²) in [5, 5.41) is 0.470. The normalized spacial score (nSPS) is 21.1. The van der Waals surface area contributed by atoms with Gasteiger partial charge in [0, 0.05) is 43.4 Å². The van der Waals surface area contributed by atoms with E-state index in [1.807, 2.05) is 10.6 Å². The summed E-state index contributed by atoms with van der Waals surface area (Å²) in [4.78, 5) is 39.2. The van der Waals surface area contributed by atoms with Gasteiger partial charge in [-0.15, -0.1) is 0 Å². The second kappa shape index (κ2) is 5.94. The molecule has 2 aromatic heterocycles. The Balaban J connectivity index is 1.49. The molecule has 6 nitrogen and oxygen atoms in total. The lowest BCUT2D eigenvalue weighted by atomic mass is 9.83. The average molecular weight is 362 g/mol. The molecule has 1 aromatic carbocycles. The van der Waals surface area contributed by atoms with Crippen molar-refractivity contribution in [1.82, 2.24) is 9.47 Å². The molecule has 0 spiro atoms. The summed E-state index contributed by atoms with van der Waals surface area (Å²) < 4.78 is 7.55. The van der Waals surface area contributed by atoms with Crippen LogP contribution in [0.3, 0.4) is 0 Å². The van der Waals surface area contributed by atoms with Gasteiger partial charge in [-0.1, -0.05) is 18.2 Å². The number of carbonyl (C=O) groups excluding carboxylic acids is 1. The van der Waals surface area contributed by atoms with E-state index in [-0.39, 0.29) is 34.5 Å². The number of rotatable bonds is 1. The molecule has 2 aliphatic heterocycles. The number of aromatic nitrogens is 1. The summed E-state index contributed by atoms with van der Waals surface area (Å²) in [5.41, 5.74) is 1.20. The fourth-order valence-electron chi connectivity index (χ4n) is 4.43. The summed E-state index contributed by atoms with van der Waals surface area (Å²) in [6.07, 6.45) is 0.967. The summed E-state index contributed by atoms with van der Waals surface area (Å²) in [6, 6.07) is 13.5. The molecule has 2 aliphatic rings. The first-order chi connectivity index (χ1) is 13.1. The van der Waals surface area contributed by atoms with Gasteiger partial charge in [-0.05, 0) is 30.5 Å². The zero-order valence-corrected chi connectivity index (χ0v) is 14.6. The summed E-state index contributed by atoms with van der Waals surface area (Å²) in [6.45, 7) is 1.71. The number of hydrogen-bond donors (Lipinski definition) is 0. The highest BCUT2D eigenvalue weighted by atomic mass is 16.3. The molecule has 0 aliphatic carbocycles. The largest absolute Gasteiger partial charge is 0.451 e. The van der Waals surface area contributed by atoms with Crippen LogP contribution in [0.1, 0.15) is 28.6 Å². The lowest BCUT2D eigenvalue weighted by Crippen LogP contribution is -2.49. The highest BCUT2D eigenvalue weighted by Gasteiger charge is 2.37. The van der Waals surface area contributed by atoms with Crippen molar-refractivity contribution >= 4 is 16.9 Å². The van der Waals surface area contributed by atoms with Gasteiger partial charge in [-0.3, -0.25) is 14.4 Å². The van der Waals surface area contributed by atoms with Crippen LogP contribution in [0.15, 0.2) is 62.5 Å². The van der Waals surface area contributed by atoms with Crippen LogP contribution in [0.5, 0.6) is 0 Å². The van der Waals surface area contributed by atoms with E-state index in [2.05, 4.69) is 0 Å². The quantitative estimate of drug-likeness (QED) is 0.665. The predicted molar refractivity (Wildman–Crippen MR) is 99.9 cm³/mol. The van der Waals surface area contributed by atoms with E-state index in [4.69, 9.17) is 4.42 Å². The molecular weight excluding hydrogens is 344 g/mol. The number of carbonyl (C=O) groups is 1. The van der Waals surface area contributed by atoms with Crippen molar-refractivity contribution in [2.24, 2.45) is 5.92 Å². The molecule has 5 rings (SSSR count). The lowest BCUT2D eigenvalue weighted by Gasteiger charge is -2.42. The molecule has 3 aromatic rings. The molecule has 2 atom stereocenters. The van der Waals surface area contributed by atoms with Crippen molar-refractivity contribution in [2.75, 3.05) is 13.1 Å². The Hall–Kier alpha value is -3.15. The molecule has 1 fully saturated rings. The summed E-state index contributed by atoms with van der Waals surface area (Å²) >= 11 is 0. The predicted octanol–water partition coefficient (Wildman–Crippen LogP) is 2.21. The Morgan fingerprint density at radius 1 is 1.00 bits per heavy atom. The van der Waals surface area contributed by atoms with Gasteiger partial charge >= 0.3 is 0 Å². The van der Waals surface area contributed by atoms with Crippen LogP contribution in [-0.2, 0) is 6.54 Å². The maximum absolute atomic E-state index is 13.0. The SMILES string of the molecule is O=C(c1cc(=O)c2ccccc2o1)N1C[C@H]2C[C@H](C1)c1cccc(=O)n1C2. The average Bonchev–Trinajstić information content (AvgIpc) is 2.68. The highest BCUT2D eigenvalue weighted by molar-refractivity contribution is 5.93. The van der Waals surface area contributed by atoms with Crippen molar-refractivity contribution in [2.45, 2.75) is 18.9 Å². The zero-order valence-electron chi connectivity index (χ0n) is 14.6. The van der Waals surface area contributed by atoms with Crippen LogP contribution in [0.2, 0.25) is 0 Å². The zero-order chi connectivity index (χ0) is 18.5. The Morgan fingerprint density at radius 2 is 1.85 bits per heavy atom. The Labute approximate surface area is 154 Å². The minimum atomic E-state index is -0.265. The first kappa shape index (κ1) is 16.1. The van der Waals surface area contributed by atoms with E-state index < -0.39 is 0 Å². The number of likely N-dealkylation sites (tertiary alicyclic amines) is 1. The van der Waals surface area contributed by atoms with Gasteiger partial charge in [0.05, 0.1) is 5.39 Å². The van der Waals surface area contributed by atoms with Gasteiger partial charge in [0.2, 0.25) is 0 Å². The fourth-order valence-corrected chi connectivity index (χ4v) is 4.43. The molecule has 0 radical (unpaired) electrons. The van der Waals surface area contributed by atoms with Gasteiger partial charge < -0.3 is 13.9 Å². The number of pyridine rings is 1. The first-order valence-corrected chi connectivity index (χ1v) is 9.12. The molecule has 0 unspecified atom stereocenters. The molecule has 6 heteroatoms. The van der Waals surface area contributed by atoms with Crippen LogP contribution in [0.4, 0.5) is 0 Å². The van der Waals surface area contributed by atoms with E-state index in [0.717, 1.165) is 12.1 Å². The second-order valence-electron chi connectivity index (χ2n) is 7.38. The molecular formula is C21H18N2O4. The molecule has 27 heavy (non-hydrogen) atoms. The van der Waals surface area contributed by atoms with Crippen molar-refractivity contribution in [3.63, 3.8) is 0 Å². The van der Waals surface area contributed by atoms with E-state index in [1.165, 1.54) is 6.07 Å². The monoisotopic (exact) mass is 362 g/mol. The first-order valence-electron chi connectivity index (χ1n) is 9.12. The van der Waals surface area contributed by atoms with Crippen LogP contribution in [0, 0.1) is 5.92 Å². The van der Waals surface area contributed by atoms with Gasteiger partial charge in [-0.2, -0.15) is 0 Å². The summed E-state index contributed by atoms with van der Waals surface area (Å²) in [5.74, 6) is 0.165. The van der Waals surface area contributed by atoms with Crippen molar-refractivity contribution < 1.29 is 9.21 Å². The Kier molecular flexibility index (Phi) is 3.53. The van der Waals surface area contributed by atoms with E-state index in [9.17, 15) is 14.4 Å². The van der Waals surface area contributed by atoms with Crippen molar-refractivity contribution in [3.8, 4) is 0 Å². The van der Waals surface area contributed by atoms with E-state index in [1.54, 1.807) is 41.3 Å². The fraction of sp³-hybridized carbons (Fsp3) is 0.286. The minimum Gasteiger partial charge on any atom is -0.451 e. The Morgan fingerprint density at radius 3 is 2.74 bits per heavy atom. The topological polar surface area (TPSA) is 72.5 Å². The van der Waals surface area contributed by atoms with Crippen LogP contribution in [-0.4, -0.2) is 28.5 Å². The summed E-state index contributed by atoms with van der Waals surface area (Å²) in [7, 11) is 0. The number of piperidine rings is 1. The number of nitrogens with zero attached hydrogens (tertiary/aromatic N) is 2. The maximum Gasteiger partial charge on any atom is 0.289 e. The standard InChI is InChI=1S/C21H18N2O4/c24-17-9-19(27-18-6-2-1-4-15(17)18)21(26)22-10-13-8-14(12-22)16-5-3-7-20(25)23(16)11-13/h1-7,9,13-14H,8,10-12H2/t13-,14-/m1/s1. The minimum absolute atomic E-state index is 0.0162. The van der Waals surface area contributed by atoms with Crippen LogP contribution in [0.25, 0.3) is 11.0 Å². The van der Waals surface area contributed by atoms with Crippen LogP contribution < -0.4 is 11.0 Å². The third-order valence-electron chi connectivity index (χ3n) is 5.61. The smallest absolute Gasteiger partial charge is 0.289 e. The number of hydrogen-bond acceptors (Lipinski definition) is 4. The molecule has 0 saturated carbocycles. The maximum atomic E-state index is 13.0. The second-order valence-corrected chi connectivity index (χ2v) is 7.38. The number of benzene rings is 1.